The van der Waals surface area contributed by atoms with Gasteiger partial charge >= 0.3 is 0 Å². The van der Waals surface area contributed by atoms with Crippen LogP contribution in [0.15, 0.2) is 35.2 Å². The molecule has 4 rings (SSSR count). The Morgan fingerprint density at radius 3 is 3.00 bits per heavy atom. The largest absolute Gasteiger partial charge is 0.357 e. The van der Waals surface area contributed by atoms with Gasteiger partial charge in [0, 0.05) is 31.2 Å². The quantitative estimate of drug-likeness (QED) is 0.921. The first-order chi connectivity index (χ1) is 11.1. The maximum absolute atomic E-state index is 13.1. The third-order valence-electron chi connectivity index (χ3n) is 5.30. The zero-order valence-corrected chi connectivity index (χ0v) is 13.8. The van der Waals surface area contributed by atoms with Gasteiger partial charge in [-0.3, -0.25) is 9.59 Å². The monoisotopic (exact) mass is 329 g/mol. The molecular formula is C17H19N3O2S. The van der Waals surface area contributed by atoms with Gasteiger partial charge < -0.3 is 14.8 Å². The minimum absolute atomic E-state index is 0.0134. The van der Waals surface area contributed by atoms with Crippen molar-refractivity contribution in [1.29, 1.82) is 0 Å². The molecule has 2 aromatic heterocycles. The van der Waals surface area contributed by atoms with Gasteiger partial charge in [0.25, 0.3) is 5.91 Å². The number of aromatic nitrogens is 1. The molecule has 2 fully saturated rings. The molecule has 2 aliphatic rings. The molecule has 2 saturated heterocycles. The van der Waals surface area contributed by atoms with E-state index in [1.807, 2.05) is 32.7 Å². The van der Waals surface area contributed by atoms with Crippen molar-refractivity contribution in [3.63, 3.8) is 0 Å². The minimum Gasteiger partial charge on any atom is -0.357 e. The van der Waals surface area contributed by atoms with E-state index in [2.05, 4.69) is 11.9 Å². The lowest BCUT2D eigenvalue weighted by atomic mass is 9.78. The number of amides is 2. The van der Waals surface area contributed by atoms with Gasteiger partial charge in [0.2, 0.25) is 5.91 Å². The van der Waals surface area contributed by atoms with Gasteiger partial charge in [-0.25, -0.2) is 0 Å². The Hall–Kier alpha value is -2.08. The van der Waals surface area contributed by atoms with Crippen molar-refractivity contribution in [3.05, 3.63) is 40.8 Å². The van der Waals surface area contributed by atoms with Gasteiger partial charge in [0.05, 0.1) is 11.1 Å². The third-order valence-corrected chi connectivity index (χ3v) is 5.97. The number of nitrogens with one attached hydrogen (secondary N) is 1. The number of H-pyrrole nitrogens is 1. The van der Waals surface area contributed by atoms with Gasteiger partial charge in [-0.15, -0.1) is 0 Å². The summed E-state index contributed by atoms with van der Waals surface area (Å²) in [6.45, 7) is 3.99. The minimum atomic E-state index is -0.426. The van der Waals surface area contributed by atoms with Gasteiger partial charge in [-0.05, 0) is 35.9 Å². The third kappa shape index (κ3) is 2.12. The average molecular weight is 329 g/mol. The number of rotatable bonds is 2. The molecule has 23 heavy (non-hydrogen) atoms. The maximum atomic E-state index is 13.1. The first-order valence-corrected chi connectivity index (χ1v) is 8.83. The summed E-state index contributed by atoms with van der Waals surface area (Å²) >= 11 is 1.60. The first kappa shape index (κ1) is 14.5. The summed E-state index contributed by atoms with van der Waals surface area (Å²) in [5, 5.41) is 4.01. The predicted molar refractivity (Wildman–Crippen MR) is 89.6 cm³/mol. The molecule has 2 aliphatic heterocycles. The van der Waals surface area contributed by atoms with Crippen LogP contribution in [0.3, 0.4) is 0 Å². The average Bonchev–Trinajstić information content (AvgIpc) is 3.31. The van der Waals surface area contributed by atoms with Crippen LogP contribution in [0.25, 0.3) is 0 Å². The van der Waals surface area contributed by atoms with Crippen LogP contribution in [0, 0.1) is 11.3 Å². The van der Waals surface area contributed by atoms with Crippen molar-refractivity contribution >= 4 is 28.8 Å². The van der Waals surface area contributed by atoms with Crippen molar-refractivity contribution < 1.29 is 9.59 Å². The lowest BCUT2D eigenvalue weighted by Crippen LogP contribution is -2.40. The molecule has 0 saturated carbocycles. The Morgan fingerprint density at radius 1 is 1.43 bits per heavy atom. The zero-order valence-electron chi connectivity index (χ0n) is 13.0. The number of nitrogens with zero attached hydrogens (tertiary/aromatic N) is 2. The van der Waals surface area contributed by atoms with E-state index in [1.165, 1.54) is 0 Å². The van der Waals surface area contributed by atoms with Crippen LogP contribution in [0.5, 0.6) is 0 Å². The van der Waals surface area contributed by atoms with E-state index in [-0.39, 0.29) is 17.7 Å². The van der Waals surface area contributed by atoms with E-state index in [0.29, 0.717) is 18.8 Å². The topological polar surface area (TPSA) is 56.4 Å². The van der Waals surface area contributed by atoms with Crippen LogP contribution in [-0.2, 0) is 4.79 Å². The second kappa shape index (κ2) is 5.23. The standard InChI is InChI=1S/C17H19N3O2S/c1-12-9-19(15(21)14-3-2-6-18-14)11-17(12)5-7-20(16(17)22)13-4-8-23-10-13/h2-4,6,8,10,12,18H,5,7,9,11H2,1H3/t12-,17-/m1/s1. The van der Waals surface area contributed by atoms with Crippen molar-refractivity contribution in [2.45, 2.75) is 13.3 Å². The summed E-state index contributed by atoms with van der Waals surface area (Å²) in [7, 11) is 0. The van der Waals surface area contributed by atoms with Crippen LogP contribution >= 0.6 is 11.3 Å². The number of anilines is 1. The number of hydrogen-bond acceptors (Lipinski definition) is 3. The SMILES string of the molecule is C[C@@H]1CN(C(=O)c2ccc[nH]2)C[C@]12CCN(c1ccsc1)C2=O. The van der Waals surface area contributed by atoms with E-state index >= 15 is 0 Å². The lowest BCUT2D eigenvalue weighted by Gasteiger charge is -2.26. The van der Waals surface area contributed by atoms with Crippen molar-refractivity contribution in [1.82, 2.24) is 9.88 Å². The molecule has 2 amide bonds. The molecule has 1 N–H and O–H groups in total. The fourth-order valence-corrected chi connectivity index (χ4v) is 4.55. The van der Waals surface area contributed by atoms with Crippen LogP contribution < -0.4 is 4.90 Å². The number of carbonyl (C=O) groups is 2. The Bertz CT molecular complexity index is 725. The van der Waals surface area contributed by atoms with E-state index in [4.69, 9.17) is 0 Å². The summed E-state index contributed by atoms with van der Waals surface area (Å²) in [6, 6.07) is 5.59. The highest BCUT2D eigenvalue weighted by molar-refractivity contribution is 7.08. The zero-order chi connectivity index (χ0) is 16.0. The summed E-state index contributed by atoms with van der Waals surface area (Å²) in [5.74, 6) is 0.336. The summed E-state index contributed by atoms with van der Waals surface area (Å²) in [4.78, 5) is 32.3. The van der Waals surface area contributed by atoms with Crippen molar-refractivity contribution in [3.8, 4) is 0 Å². The van der Waals surface area contributed by atoms with E-state index in [0.717, 1.165) is 18.7 Å². The number of hydrogen-bond donors (Lipinski definition) is 1. The fourth-order valence-electron chi connectivity index (χ4n) is 3.90. The van der Waals surface area contributed by atoms with Gasteiger partial charge in [-0.2, -0.15) is 11.3 Å². The molecule has 4 heterocycles. The molecule has 1 spiro atoms. The molecule has 0 aliphatic carbocycles. The first-order valence-electron chi connectivity index (χ1n) is 7.89. The summed E-state index contributed by atoms with van der Waals surface area (Å²) in [5.41, 5.74) is 1.15. The van der Waals surface area contributed by atoms with Crippen LogP contribution in [0.4, 0.5) is 5.69 Å². The van der Waals surface area contributed by atoms with Crippen LogP contribution in [-0.4, -0.2) is 41.3 Å². The van der Waals surface area contributed by atoms with Crippen molar-refractivity contribution in [2.75, 3.05) is 24.5 Å². The Labute approximate surface area is 138 Å². The van der Waals surface area contributed by atoms with E-state index in [1.54, 1.807) is 23.6 Å². The summed E-state index contributed by atoms with van der Waals surface area (Å²) in [6.07, 6.45) is 2.57. The number of likely N-dealkylation sites (tertiary alicyclic amines) is 1. The number of aromatic amines is 1. The normalized spacial score (nSPS) is 27.3. The Kier molecular flexibility index (Phi) is 3.30. The molecule has 120 valence electrons. The molecule has 6 heteroatoms. The molecule has 0 radical (unpaired) electrons. The smallest absolute Gasteiger partial charge is 0.270 e. The van der Waals surface area contributed by atoms with Crippen LogP contribution in [0.2, 0.25) is 0 Å². The Balaban J connectivity index is 1.58. The number of thiophene rings is 1. The maximum Gasteiger partial charge on any atom is 0.270 e. The molecule has 5 nitrogen and oxygen atoms in total. The van der Waals surface area contributed by atoms with Gasteiger partial charge in [-0.1, -0.05) is 6.92 Å². The molecular weight excluding hydrogens is 310 g/mol. The Morgan fingerprint density at radius 2 is 2.30 bits per heavy atom. The van der Waals surface area contributed by atoms with Gasteiger partial charge in [0.15, 0.2) is 0 Å². The second-order valence-electron chi connectivity index (χ2n) is 6.51. The molecule has 2 aromatic rings. The second-order valence-corrected chi connectivity index (χ2v) is 7.30. The van der Waals surface area contributed by atoms with E-state index < -0.39 is 5.41 Å². The molecule has 0 bridgehead atoms. The highest BCUT2D eigenvalue weighted by Crippen LogP contribution is 2.46. The van der Waals surface area contributed by atoms with Crippen molar-refractivity contribution in [2.24, 2.45) is 11.3 Å². The summed E-state index contributed by atoms with van der Waals surface area (Å²) < 4.78 is 0. The predicted octanol–water partition coefficient (Wildman–Crippen LogP) is 2.59. The highest BCUT2D eigenvalue weighted by atomic mass is 32.1. The number of carbonyl (C=O) groups excluding carboxylic acids is 2. The lowest BCUT2D eigenvalue weighted by molar-refractivity contribution is -0.126. The van der Waals surface area contributed by atoms with Gasteiger partial charge in [0.1, 0.15) is 5.69 Å². The molecule has 2 atom stereocenters. The van der Waals surface area contributed by atoms with E-state index in [9.17, 15) is 9.59 Å². The molecule has 0 unspecified atom stereocenters. The van der Waals surface area contributed by atoms with Crippen LogP contribution in [0.1, 0.15) is 23.8 Å². The molecule has 0 aromatic carbocycles. The fraction of sp³-hybridized carbons (Fsp3) is 0.412. The highest BCUT2D eigenvalue weighted by Gasteiger charge is 2.56.